The normalized spacial score (nSPS) is 19.3. The largest absolute Gasteiger partial charge is 0.366 e. The Balaban J connectivity index is 1.72. The molecule has 1 saturated carbocycles. The monoisotopic (exact) mass is 286 g/mol. The van der Waals surface area contributed by atoms with Crippen molar-refractivity contribution < 1.29 is 4.92 Å². The molecular weight excluding hydrogens is 268 g/mol. The maximum Gasteiger partial charge on any atom is 0.293 e. The van der Waals surface area contributed by atoms with Crippen molar-refractivity contribution in [2.45, 2.75) is 37.8 Å². The molecule has 1 aromatic rings. The third-order valence-electron chi connectivity index (χ3n) is 4.19. The van der Waals surface area contributed by atoms with E-state index in [-0.39, 0.29) is 5.69 Å². The first-order valence-electron chi connectivity index (χ1n) is 7.37. The van der Waals surface area contributed by atoms with E-state index in [9.17, 15) is 10.1 Å². The van der Waals surface area contributed by atoms with Gasteiger partial charge in [0.05, 0.1) is 16.6 Å². The van der Waals surface area contributed by atoms with Gasteiger partial charge in [0.1, 0.15) is 5.69 Å². The summed E-state index contributed by atoms with van der Waals surface area (Å²) in [5.41, 5.74) is 0.988. The van der Waals surface area contributed by atoms with Gasteiger partial charge in [0.2, 0.25) is 0 Å². The second-order valence-corrected chi connectivity index (χ2v) is 5.77. The average molecular weight is 286 g/mol. The van der Waals surface area contributed by atoms with E-state index in [1.54, 1.807) is 12.1 Å². The maximum atomic E-state index is 11.2. The summed E-state index contributed by atoms with van der Waals surface area (Å²) in [4.78, 5) is 12.9. The van der Waals surface area contributed by atoms with Crippen LogP contribution < -0.4 is 10.2 Å². The number of nitrogens with one attached hydrogen (secondary N) is 1. The molecule has 1 saturated heterocycles. The fourth-order valence-electron chi connectivity index (χ4n) is 2.88. The van der Waals surface area contributed by atoms with Crippen molar-refractivity contribution in [1.29, 1.82) is 5.26 Å². The van der Waals surface area contributed by atoms with Crippen molar-refractivity contribution in [3.05, 3.63) is 33.9 Å². The van der Waals surface area contributed by atoms with E-state index in [2.05, 4.69) is 10.2 Å². The third kappa shape index (κ3) is 3.14. The molecule has 110 valence electrons. The Labute approximate surface area is 123 Å². The summed E-state index contributed by atoms with van der Waals surface area (Å²) in [5.74, 6) is 0. The number of hydrogen-bond donors (Lipinski definition) is 1. The lowest BCUT2D eigenvalue weighted by atomic mass is 10.0. The van der Waals surface area contributed by atoms with E-state index in [1.807, 2.05) is 6.07 Å². The van der Waals surface area contributed by atoms with Crippen LogP contribution in [0.4, 0.5) is 11.4 Å². The van der Waals surface area contributed by atoms with Gasteiger partial charge in [-0.25, -0.2) is 0 Å². The zero-order chi connectivity index (χ0) is 14.8. The highest BCUT2D eigenvalue weighted by Crippen LogP contribution is 2.31. The van der Waals surface area contributed by atoms with E-state index in [0.717, 1.165) is 25.9 Å². The van der Waals surface area contributed by atoms with Crippen LogP contribution in [-0.2, 0) is 0 Å². The van der Waals surface area contributed by atoms with Gasteiger partial charge in [-0.3, -0.25) is 10.1 Å². The first kappa shape index (κ1) is 13.8. The zero-order valence-electron chi connectivity index (χ0n) is 11.8. The standard InChI is InChI=1S/C15H18N4O2/c16-10-11-1-4-14(15(9-11)19(20)21)18-7-5-13(6-8-18)17-12-2-3-12/h1,4,9,12-13,17H,2-3,5-8H2. The van der Waals surface area contributed by atoms with Crippen molar-refractivity contribution in [2.24, 2.45) is 0 Å². The van der Waals surface area contributed by atoms with Gasteiger partial charge < -0.3 is 10.2 Å². The van der Waals surface area contributed by atoms with Gasteiger partial charge in [-0.05, 0) is 37.8 Å². The fraction of sp³-hybridized carbons (Fsp3) is 0.533. The fourth-order valence-corrected chi connectivity index (χ4v) is 2.88. The first-order chi connectivity index (χ1) is 10.2. The van der Waals surface area contributed by atoms with Crippen LogP contribution in [0.15, 0.2) is 18.2 Å². The molecule has 1 aromatic carbocycles. The van der Waals surface area contributed by atoms with E-state index < -0.39 is 4.92 Å². The summed E-state index contributed by atoms with van der Waals surface area (Å²) >= 11 is 0. The molecule has 0 unspecified atom stereocenters. The summed E-state index contributed by atoms with van der Waals surface area (Å²) in [6, 6.07) is 7.90. The van der Waals surface area contributed by atoms with Gasteiger partial charge in [0, 0.05) is 31.2 Å². The van der Waals surface area contributed by atoms with Crippen LogP contribution >= 0.6 is 0 Å². The Morgan fingerprint density at radius 2 is 1.90 bits per heavy atom. The van der Waals surface area contributed by atoms with Crippen LogP contribution in [0.25, 0.3) is 0 Å². The first-order valence-corrected chi connectivity index (χ1v) is 7.37. The lowest BCUT2D eigenvalue weighted by Crippen LogP contribution is -2.43. The zero-order valence-corrected chi connectivity index (χ0v) is 11.8. The number of nitriles is 1. The number of nitro groups is 1. The predicted octanol–water partition coefficient (Wildman–Crippen LogP) is 2.19. The Kier molecular flexibility index (Phi) is 3.76. The molecule has 1 N–H and O–H groups in total. The Morgan fingerprint density at radius 3 is 2.48 bits per heavy atom. The molecule has 6 nitrogen and oxygen atoms in total. The van der Waals surface area contributed by atoms with Crippen molar-refractivity contribution in [1.82, 2.24) is 5.32 Å². The summed E-state index contributed by atoms with van der Waals surface area (Å²) in [6.45, 7) is 1.63. The van der Waals surface area contributed by atoms with Crippen LogP contribution in [0.1, 0.15) is 31.2 Å². The van der Waals surface area contributed by atoms with Crippen molar-refractivity contribution in [2.75, 3.05) is 18.0 Å². The number of benzene rings is 1. The summed E-state index contributed by atoms with van der Waals surface area (Å²) < 4.78 is 0. The number of hydrogen-bond acceptors (Lipinski definition) is 5. The van der Waals surface area contributed by atoms with E-state index in [1.165, 1.54) is 18.9 Å². The van der Waals surface area contributed by atoms with E-state index in [4.69, 9.17) is 5.26 Å². The molecular formula is C15H18N4O2. The molecule has 1 aliphatic heterocycles. The Bertz CT molecular complexity index is 584. The molecule has 0 aromatic heterocycles. The van der Waals surface area contributed by atoms with Crippen LogP contribution in [0.3, 0.4) is 0 Å². The molecule has 6 heteroatoms. The highest BCUT2D eigenvalue weighted by Gasteiger charge is 2.29. The summed E-state index contributed by atoms with van der Waals surface area (Å²) in [5, 5.41) is 23.7. The maximum absolute atomic E-state index is 11.2. The van der Waals surface area contributed by atoms with Crippen LogP contribution in [0.2, 0.25) is 0 Å². The lowest BCUT2D eigenvalue weighted by molar-refractivity contribution is -0.384. The van der Waals surface area contributed by atoms with Gasteiger partial charge in [-0.1, -0.05) is 0 Å². The van der Waals surface area contributed by atoms with Gasteiger partial charge in [0.25, 0.3) is 5.69 Å². The molecule has 2 fully saturated rings. The number of anilines is 1. The molecule has 2 aliphatic rings. The Hall–Kier alpha value is -2.13. The van der Waals surface area contributed by atoms with Gasteiger partial charge in [-0.2, -0.15) is 5.26 Å². The molecule has 1 heterocycles. The second-order valence-electron chi connectivity index (χ2n) is 5.77. The molecule has 0 amide bonds. The highest BCUT2D eigenvalue weighted by molar-refractivity contribution is 5.65. The highest BCUT2D eigenvalue weighted by atomic mass is 16.6. The van der Waals surface area contributed by atoms with Gasteiger partial charge in [0.15, 0.2) is 0 Å². The van der Waals surface area contributed by atoms with E-state index in [0.29, 0.717) is 23.3 Å². The summed E-state index contributed by atoms with van der Waals surface area (Å²) in [7, 11) is 0. The number of nitrogens with zero attached hydrogens (tertiary/aromatic N) is 3. The SMILES string of the molecule is N#Cc1ccc(N2CCC(NC3CC3)CC2)c([N+](=O)[O-])c1. The molecule has 0 bridgehead atoms. The number of nitro benzene ring substituents is 1. The molecule has 0 spiro atoms. The topological polar surface area (TPSA) is 82.2 Å². The number of rotatable bonds is 4. The lowest BCUT2D eigenvalue weighted by Gasteiger charge is -2.33. The van der Waals surface area contributed by atoms with E-state index >= 15 is 0 Å². The second kappa shape index (κ2) is 5.70. The molecule has 21 heavy (non-hydrogen) atoms. The van der Waals surface area contributed by atoms with Gasteiger partial charge in [-0.15, -0.1) is 0 Å². The van der Waals surface area contributed by atoms with Crippen LogP contribution in [-0.4, -0.2) is 30.1 Å². The predicted molar refractivity (Wildman–Crippen MR) is 79.2 cm³/mol. The third-order valence-corrected chi connectivity index (χ3v) is 4.19. The molecule has 3 rings (SSSR count). The minimum atomic E-state index is -0.398. The van der Waals surface area contributed by atoms with Gasteiger partial charge >= 0.3 is 0 Å². The van der Waals surface area contributed by atoms with Crippen molar-refractivity contribution in [3.63, 3.8) is 0 Å². The minimum absolute atomic E-state index is 0.0302. The van der Waals surface area contributed by atoms with Crippen molar-refractivity contribution >= 4 is 11.4 Å². The number of piperidine rings is 1. The molecule has 1 aliphatic carbocycles. The van der Waals surface area contributed by atoms with Crippen LogP contribution in [0, 0.1) is 21.4 Å². The quantitative estimate of drug-likeness (QED) is 0.677. The summed E-state index contributed by atoms with van der Waals surface area (Å²) in [6.07, 6.45) is 4.57. The molecule has 0 atom stereocenters. The van der Waals surface area contributed by atoms with Crippen molar-refractivity contribution in [3.8, 4) is 6.07 Å². The molecule has 0 radical (unpaired) electrons. The smallest absolute Gasteiger partial charge is 0.293 e. The Morgan fingerprint density at radius 1 is 1.24 bits per heavy atom. The van der Waals surface area contributed by atoms with Crippen LogP contribution in [0.5, 0.6) is 0 Å². The minimum Gasteiger partial charge on any atom is -0.366 e. The average Bonchev–Trinajstić information content (AvgIpc) is 3.31.